The van der Waals surface area contributed by atoms with Crippen molar-refractivity contribution in [3.05, 3.63) is 0 Å². The predicted octanol–water partition coefficient (Wildman–Crippen LogP) is 20.8. The van der Waals surface area contributed by atoms with Crippen LogP contribution in [0, 0.1) is 11.8 Å². The third-order valence-corrected chi connectivity index (χ3v) is 19.3. The molecule has 19 heteroatoms. The number of carbonyl (C=O) groups is 4. The van der Waals surface area contributed by atoms with Gasteiger partial charge in [-0.25, -0.2) is 9.13 Å². The van der Waals surface area contributed by atoms with Crippen LogP contribution in [-0.4, -0.2) is 96.7 Å². The normalized spacial score (nSPS) is 14.7. The molecule has 0 spiro atoms. The third-order valence-electron chi connectivity index (χ3n) is 17.4. The summed E-state index contributed by atoms with van der Waals surface area (Å²) in [5.74, 6) is -0.479. The first-order chi connectivity index (χ1) is 43.9. The van der Waals surface area contributed by atoms with E-state index in [9.17, 15) is 43.2 Å². The molecule has 0 heterocycles. The monoisotopic (exact) mass is 1340 g/mol. The van der Waals surface area contributed by atoms with Gasteiger partial charge in [0.05, 0.1) is 26.4 Å². The number of rotatable bonds is 71. The molecule has 0 radical (unpaired) electrons. The highest BCUT2D eigenvalue weighted by Gasteiger charge is 2.30. The Bertz CT molecular complexity index is 1770. The van der Waals surface area contributed by atoms with E-state index in [0.29, 0.717) is 25.7 Å². The average molecular weight is 1340 g/mol. The van der Waals surface area contributed by atoms with Crippen LogP contribution >= 0.6 is 15.6 Å². The highest BCUT2D eigenvalue weighted by Crippen LogP contribution is 2.45. The summed E-state index contributed by atoms with van der Waals surface area (Å²) in [7, 11) is -9.89. The van der Waals surface area contributed by atoms with E-state index in [0.717, 1.165) is 115 Å². The second-order valence-electron chi connectivity index (χ2n) is 26.5. The van der Waals surface area contributed by atoms with Gasteiger partial charge in [-0.15, -0.1) is 0 Å². The van der Waals surface area contributed by atoms with Crippen LogP contribution in [-0.2, 0) is 65.4 Å². The molecule has 0 aromatic heterocycles. The molecular formula is C72H140O17P2. The van der Waals surface area contributed by atoms with E-state index < -0.39 is 97.5 Å². The summed E-state index contributed by atoms with van der Waals surface area (Å²) < 4.78 is 68.2. The number of carbonyl (C=O) groups excluding carboxylic acids is 4. The zero-order valence-corrected chi connectivity index (χ0v) is 60.9. The van der Waals surface area contributed by atoms with Crippen LogP contribution in [0.3, 0.4) is 0 Å². The van der Waals surface area contributed by atoms with E-state index in [-0.39, 0.29) is 25.7 Å². The molecule has 0 rings (SSSR count). The summed E-state index contributed by atoms with van der Waals surface area (Å²) in [4.78, 5) is 72.4. The fourth-order valence-corrected chi connectivity index (χ4v) is 12.5. The molecule has 540 valence electrons. The molecule has 0 aliphatic rings. The second kappa shape index (κ2) is 64.1. The molecule has 0 aromatic carbocycles. The van der Waals surface area contributed by atoms with Crippen molar-refractivity contribution >= 4 is 39.5 Å². The van der Waals surface area contributed by atoms with E-state index in [1.54, 1.807) is 0 Å². The molecule has 0 saturated heterocycles. The van der Waals surface area contributed by atoms with Crippen molar-refractivity contribution in [2.75, 3.05) is 39.6 Å². The summed E-state index contributed by atoms with van der Waals surface area (Å²) in [5, 5.41) is 10.6. The molecule has 3 N–H and O–H groups in total. The Labute approximate surface area is 556 Å². The number of esters is 4. The van der Waals surface area contributed by atoms with Crippen molar-refractivity contribution in [1.29, 1.82) is 0 Å². The van der Waals surface area contributed by atoms with Crippen molar-refractivity contribution in [2.45, 2.75) is 387 Å². The molecule has 4 unspecified atom stereocenters. The van der Waals surface area contributed by atoms with Crippen LogP contribution < -0.4 is 0 Å². The molecule has 0 bridgehead atoms. The number of aliphatic hydroxyl groups excluding tert-OH is 1. The van der Waals surface area contributed by atoms with Gasteiger partial charge in [-0.2, -0.15) is 0 Å². The fourth-order valence-electron chi connectivity index (χ4n) is 10.9. The Morgan fingerprint density at radius 1 is 0.308 bits per heavy atom. The minimum Gasteiger partial charge on any atom is -0.462 e. The van der Waals surface area contributed by atoms with E-state index in [2.05, 4.69) is 41.5 Å². The maximum atomic E-state index is 13.0. The van der Waals surface area contributed by atoms with E-state index in [1.165, 1.54) is 173 Å². The Hall–Kier alpha value is -1.94. The van der Waals surface area contributed by atoms with Gasteiger partial charge >= 0.3 is 39.5 Å². The lowest BCUT2D eigenvalue weighted by Crippen LogP contribution is -2.30. The Morgan fingerprint density at radius 3 is 0.780 bits per heavy atom. The maximum absolute atomic E-state index is 13.0. The van der Waals surface area contributed by atoms with Crippen LogP contribution in [0.15, 0.2) is 0 Å². The Morgan fingerprint density at radius 2 is 0.527 bits per heavy atom. The quantitative estimate of drug-likeness (QED) is 0.0222. The van der Waals surface area contributed by atoms with Crippen LogP contribution in [0.5, 0.6) is 0 Å². The minimum atomic E-state index is -4.95. The molecule has 0 saturated carbocycles. The first-order valence-corrected chi connectivity index (χ1v) is 40.6. The molecule has 0 aliphatic carbocycles. The summed E-state index contributed by atoms with van der Waals surface area (Å²) in [6, 6.07) is 0. The molecule has 91 heavy (non-hydrogen) atoms. The number of ether oxygens (including phenoxy) is 4. The van der Waals surface area contributed by atoms with Gasteiger partial charge in [0.25, 0.3) is 0 Å². The Kier molecular flexibility index (Phi) is 62.7. The number of phosphoric ester groups is 2. The molecule has 17 nitrogen and oxygen atoms in total. The maximum Gasteiger partial charge on any atom is 0.472 e. The van der Waals surface area contributed by atoms with Gasteiger partial charge in [-0.1, -0.05) is 318 Å². The molecule has 0 amide bonds. The van der Waals surface area contributed by atoms with Gasteiger partial charge in [-0.3, -0.25) is 37.3 Å². The Balaban J connectivity index is 5.13. The summed E-state index contributed by atoms with van der Waals surface area (Å²) in [6.45, 7) is 9.58. The van der Waals surface area contributed by atoms with Gasteiger partial charge in [-0.05, 0) is 37.5 Å². The number of hydrogen-bond acceptors (Lipinski definition) is 15. The smallest absolute Gasteiger partial charge is 0.462 e. The lowest BCUT2D eigenvalue weighted by molar-refractivity contribution is -0.161. The lowest BCUT2D eigenvalue weighted by atomic mass is 9.99. The zero-order valence-electron chi connectivity index (χ0n) is 59.1. The summed E-state index contributed by atoms with van der Waals surface area (Å²) >= 11 is 0. The van der Waals surface area contributed by atoms with Gasteiger partial charge in [0, 0.05) is 25.7 Å². The lowest BCUT2D eigenvalue weighted by Gasteiger charge is -2.21. The number of unbranched alkanes of at least 4 members (excludes halogenated alkanes) is 39. The van der Waals surface area contributed by atoms with Gasteiger partial charge in [0.1, 0.15) is 19.3 Å². The van der Waals surface area contributed by atoms with Crippen LogP contribution in [0.25, 0.3) is 0 Å². The van der Waals surface area contributed by atoms with E-state index >= 15 is 0 Å². The topological polar surface area (TPSA) is 237 Å². The number of phosphoric acid groups is 2. The van der Waals surface area contributed by atoms with E-state index in [4.69, 9.17) is 37.0 Å². The van der Waals surface area contributed by atoms with Gasteiger partial charge < -0.3 is 33.8 Å². The molecule has 0 aromatic rings. The van der Waals surface area contributed by atoms with E-state index in [1.807, 2.05) is 0 Å². The standard InChI is InChI=1S/C72H140O17P2/c1-7-11-13-15-17-18-30-38-44-50-56-71(76)88-67(60-82-69(74)54-48-42-34-16-14-12-8-2)62-86-90(78,79)84-58-66(73)59-85-91(80,81)87-63-68(61-83-70(75)55-49-43-37-33-32-36-41-47-53-65(6)10-4)89-72(77)57-51-45-39-31-28-26-24-22-20-19-21-23-25-27-29-35-40-46-52-64(5)9-3/h64-68,73H,7-63H2,1-6H3,(H,78,79)(H,80,81)/t64?,65?,66-,67+,68+/m0/s1. The molecule has 0 fully saturated rings. The SMILES string of the molecule is CCCCCCCCCCCCC(=O)O[C@H](COC(=O)CCCCCCCCC)COP(=O)(O)OC[C@H](O)COP(=O)(O)OC[C@@H](COC(=O)CCCCCCCCCCC(C)CC)OC(=O)CCCCCCCCCCCCCCCCCCCCC(C)CC. The molecular weight excluding hydrogens is 1200 g/mol. The fraction of sp³-hybridized carbons (Fsp3) is 0.944. The van der Waals surface area contributed by atoms with Crippen molar-refractivity contribution in [3.63, 3.8) is 0 Å². The van der Waals surface area contributed by atoms with Crippen molar-refractivity contribution < 1.29 is 80.2 Å². The third kappa shape index (κ3) is 63.9. The molecule has 7 atom stereocenters. The summed E-state index contributed by atoms with van der Waals surface area (Å²) in [6.07, 6.45) is 50.1. The largest absolute Gasteiger partial charge is 0.472 e. The minimum absolute atomic E-state index is 0.106. The van der Waals surface area contributed by atoms with Crippen LogP contribution in [0.4, 0.5) is 0 Å². The highest BCUT2D eigenvalue weighted by molar-refractivity contribution is 7.47. The van der Waals surface area contributed by atoms with Gasteiger partial charge in [0.2, 0.25) is 0 Å². The van der Waals surface area contributed by atoms with Gasteiger partial charge in [0.15, 0.2) is 12.2 Å². The zero-order chi connectivity index (χ0) is 67.2. The summed E-state index contributed by atoms with van der Waals surface area (Å²) in [5.41, 5.74) is 0. The highest BCUT2D eigenvalue weighted by atomic mass is 31.2. The molecule has 0 aliphatic heterocycles. The first-order valence-electron chi connectivity index (χ1n) is 37.6. The van der Waals surface area contributed by atoms with Crippen molar-refractivity contribution in [1.82, 2.24) is 0 Å². The van der Waals surface area contributed by atoms with Crippen molar-refractivity contribution in [3.8, 4) is 0 Å². The number of aliphatic hydroxyl groups is 1. The average Bonchev–Trinajstić information content (AvgIpc) is 3.20. The first kappa shape index (κ1) is 89.1. The number of hydrogen-bond donors (Lipinski definition) is 3. The predicted molar refractivity (Wildman–Crippen MR) is 368 cm³/mol. The van der Waals surface area contributed by atoms with Crippen LogP contribution in [0.2, 0.25) is 0 Å². The van der Waals surface area contributed by atoms with Crippen molar-refractivity contribution in [2.24, 2.45) is 11.8 Å². The van der Waals surface area contributed by atoms with Crippen LogP contribution in [0.1, 0.15) is 369 Å². The second-order valence-corrected chi connectivity index (χ2v) is 29.4.